The molecule has 0 radical (unpaired) electrons. The number of ketones is 1. The molecule has 28 heavy (non-hydrogen) atoms. The predicted molar refractivity (Wildman–Crippen MR) is 107 cm³/mol. The summed E-state index contributed by atoms with van der Waals surface area (Å²) in [5.41, 5.74) is 0.101. The van der Waals surface area contributed by atoms with E-state index in [2.05, 4.69) is 13.8 Å². The fourth-order valence-corrected chi connectivity index (χ4v) is 8.05. The van der Waals surface area contributed by atoms with Crippen molar-refractivity contribution in [2.75, 3.05) is 7.11 Å². The monoisotopic (exact) mass is 390 g/mol. The van der Waals surface area contributed by atoms with E-state index in [-0.39, 0.29) is 22.9 Å². The highest BCUT2D eigenvalue weighted by Crippen LogP contribution is 2.66. The quantitative estimate of drug-likeness (QED) is 0.717. The highest BCUT2D eigenvalue weighted by molar-refractivity contribution is 5.87. The van der Waals surface area contributed by atoms with Gasteiger partial charge in [0.2, 0.25) is 0 Å². The van der Waals surface area contributed by atoms with Gasteiger partial charge in [0, 0.05) is 18.3 Å². The van der Waals surface area contributed by atoms with Crippen LogP contribution in [0, 0.1) is 40.4 Å². The number of hydrogen-bond acceptors (Lipinski definition) is 4. The Bertz CT molecular complexity index is 630. The molecule has 0 heterocycles. The first-order valence-electron chi connectivity index (χ1n) is 11.6. The summed E-state index contributed by atoms with van der Waals surface area (Å²) in [7, 11) is 1.45. The number of hydrogen-bond donors (Lipinski definition) is 1. The predicted octanol–water partition coefficient (Wildman–Crippen LogP) is 4.53. The fourth-order valence-electron chi connectivity index (χ4n) is 8.05. The molecule has 4 unspecified atom stereocenters. The lowest BCUT2D eigenvalue weighted by molar-refractivity contribution is -0.165. The van der Waals surface area contributed by atoms with Crippen molar-refractivity contribution >= 4 is 11.8 Å². The SMILES string of the molecule is COC(=O)CCC[C@H]1CC[C@]2(C)C3CC[C@]4(C)C(=O)CCC4C3C[C@@H](O)C2C1. The molecule has 8 atom stereocenters. The van der Waals surface area contributed by atoms with Gasteiger partial charge in [-0.1, -0.05) is 13.8 Å². The van der Waals surface area contributed by atoms with Crippen molar-refractivity contribution in [2.24, 2.45) is 40.4 Å². The van der Waals surface area contributed by atoms with Gasteiger partial charge in [-0.3, -0.25) is 9.59 Å². The number of aliphatic hydroxyl groups excluding tert-OH is 1. The average Bonchev–Trinajstić information content (AvgIpc) is 2.97. The Morgan fingerprint density at radius 3 is 2.64 bits per heavy atom. The molecule has 4 aliphatic rings. The Balaban J connectivity index is 1.45. The van der Waals surface area contributed by atoms with Gasteiger partial charge in [0.05, 0.1) is 13.2 Å². The van der Waals surface area contributed by atoms with Gasteiger partial charge in [-0.25, -0.2) is 0 Å². The number of carbonyl (C=O) groups excluding carboxylic acids is 2. The van der Waals surface area contributed by atoms with Crippen molar-refractivity contribution in [1.29, 1.82) is 0 Å². The highest BCUT2D eigenvalue weighted by Gasteiger charge is 2.61. The van der Waals surface area contributed by atoms with E-state index in [4.69, 9.17) is 4.74 Å². The van der Waals surface area contributed by atoms with Gasteiger partial charge >= 0.3 is 5.97 Å². The number of esters is 1. The van der Waals surface area contributed by atoms with Crippen molar-refractivity contribution < 1.29 is 19.4 Å². The Morgan fingerprint density at radius 2 is 1.89 bits per heavy atom. The molecule has 0 bridgehead atoms. The third-order valence-corrected chi connectivity index (χ3v) is 9.72. The van der Waals surface area contributed by atoms with Crippen LogP contribution in [0.4, 0.5) is 0 Å². The lowest BCUT2D eigenvalue weighted by atomic mass is 9.44. The van der Waals surface area contributed by atoms with Gasteiger partial charge in [-0.2, -0.15) is 0 Å². The largest absolute Gasteiger partial charge is 0.469 e. The van der Waals surface area contributed by atoms with Gasteiger partial charge in [-0.15, -0.1) is 0 Å². The summed E-state index contributed by atoms with van der Waals surface area (Å²) in [5, 5.41) is 11.2. The zero-order valence-electron chi connectivity index (χ0n) is 17.9. The molecule has 4 nitrogen and oxygen atoms in total. The third kappa shape index (κ3) is 3.14. The van der Waals surface area contributed by atoms with E-state index in [0.29, 0.717) is 41.8 Å². The summed E-state index contributed by atoms with van der Waals surface area (Å²) in [4.78, 5) is 24.0. The fraction of sp³-hybridized carbons (Fsp3) is 0.917. The number of methoxy groups -OCH3 is 1. The third-order valence-electron chi connectivity index (χ3n) is 9.72. The Morgan fingerprint density at radius 1 is 1.11 bits per heavy atom. The number of aliphatic hydroxyl groups is 1. The van der Waals surface area contributed by atoms with Gasteiger partial charge in [0.1, 0.15) is 5.78 Å². The van der Waals surface area contributed by atoms with Crippen LogP contribution in [0.15, 0.2) is 0 Å². The van der Waals surface area contributed by atoms with Crippen LogP contribution in [-0.4, -0.2) is 30.1 Å². The zero-order chi connectivity index (χ0) is 20.1. The molecular formula is C24H38O4. The zero-order valence-corrected chi connectivity index (χ0v) is 17.9. The van der Waals surface area contributed by atoms with Crippen molar-refractivity contribution in [3.8, 4) is 0 Å². The molecule has 4 heteroatoms. The molecule has 0 amide bonds. The summed E-state index contributed by atoms with van der Waals surface area (Å²) in [5.74, 6) is 3.05. The first-order chi connectivity index (χ1) is 13.3. The number of ether oxygens (including phenoxy) is 1. The molecule has 4 fully saturated rings. The summed E-state index contributed by atoms with van der Waals surface area (Å²) in [6.45, 7) is 4.66. The van der Waals surface area contributed by atoms with Crippen molar-refractivity contribution in [1.82, 2.24) is 0 Å². The van der Waals surface area contributed by atoms with Crippen molar-refractivity contribution in [3.05, 3.63) is 0 Å². The summed E-state index contributed by atoms with van der Waals surface area (Å²) in [6.07, 6.45) is 10.7. The molecule has 0 aromatic heterocycles. The molecule has 0 spiro atoms. The molecule has 158 valence electrons. The lowest BCUT2D eigenvalue weighted by Gasteiger charge is -2.61. The first-order valence-corrected chi connectivity index (χ1v) is 11.6. The number of Topliss-reactive ketones (excluding diaryl/α,β-unsaturated/α-hetero) is 1. The summed E-state index contributed by atoms with van der Waals surface area (Å²) in [6, 6.07) is 0. The number of rotatable bonds is 4. The van der Waals surface area contributed by atoms with Gasteiger partial charge in [0.15, 0.2) is 0 Å². The van der Waals surface area contributed by atoms with E-state index < -0.39 is 0 Å². The lowest BCUT2D eigenvalue weighted by Crippen LogP contribution is -2.57. The van der Waals surface area contributed by atoms with E-state index in [0.717, 1.165) is 51.4 Å². The Labute approximate surface area is 169 Å². The van der Waals surface area contributed by atoms with Crippen LogP contribution in [0.5, 0.6) is 0 Å². The molecule has 4 aliphatic carbocycles. The smallest absolute Gasteiger partial charge is 0.305 e. The molecule has 0 aliphatic heterocycles. The van der Waals surface area contributed by atoms with E-state index in [1.54, 1.807) is 0 Å². The molecule has 0 aromatic rings. The Hall–Kier alpha value is -0.900. The molecule has 4 rings (SSSR count). The van der Waals surface area contributed by atoms with Gasteiger partial charge in [0.25, 0.3) is 0 Å². The molecule has 0 aromatic carbocycles. The van der Waals surface area contributed by atoms with Crippen LogP contribution in [0.25, 0.3) is 0 Å². The van der Waals surface area contributed by atoms with Crippen molar-refractivity contribution in [2.45, 2.75) is 90.6 Å². The van der Waals surface area contributed by atoms with Crippen LogP contribution in [0.2, 0.25) is 0 Å². The molecule has 1 N–H and O–H groups in total. The van der Waals surface area contributed by atoms with Gasteiger partial charge < -0.3 is 9.84 Å². The Kier molecular flexibility index (Phi) is 5.39. The maximum atomic E-state index is 12.6. The second-order valence-corrected chi connectivity index (χ2v) is 10.8. The van der Waals surface area contributed by atoms with Crippen molar-refractivity contribution in [3.63, 3.8) is 0 Å². The maximum Gasteiger partial charge on any atom is 0.305 e. The topological polar surface area (TPSA) is 63.6 Å². The first kappa shape index (κ1) is 20.4. The summed E-state index contributed by atoms with van der Waals surface area (Å²) < 4.78 is 4.76. The molecule has 0 saturated heterocycles. The minimum Gasteiger partial charge on any atom is -0.469 e. The maximum absolute atomic E-state index is 12.6. The number of fused-ring (bicyclic) bond motifs is 5. The normalized spacial score (nSPS) is 47.8. The van der Waals surface area contributed by atoms with Crippen LogP contribution in [0.3, 0.4) is 0 Å². The van der Waals surface area contributed by atoms with Crippen LogP contribution in [0.1, 0.15) is 84.5 Å². The van der Waals surface area contributed by atoms with Crippen LogP contribution < -0.4 is 0 Å². The minimum atomic E-state index is -0.229. The minimum absolute atomic E-state index is 0.113. The molecule has 4 saturated carbocycles. The second-order valence-electron chi connectivity index (χ2n) is 10.8. The second kappa shape index (κ2) is 7.41. The van der Waals surface area contributed by atoms with Crippen LogP contribution >= 0.6 is 0 Å². The summed E-state index contributed by atoms with van der Waals surface area (Å²) >= 11 is 0. The van der Waals surface area contributed by atoms with Crippen LogP contribution in [-0.2, 0) is 14.3 Å². The van der Waals surface area contributed by atoms with E-state index >= 15 is 0 Å². The van der Waals surface area contributed by atoms with E-state index in [1.165, 1.54) is 20.0 Å². The average molecular weight is 391 g/mol. The molecular weight excluding hydrogens is 352 g/mol. The van der Waals surface area contributed by atoms with E-state index in [9.17, 15) is 14.7 Å². The van der Waals surface area contributed by atoms with E-state index in [1.807, 2.05) is 0 Å². The standard InChI is InChI=1S/C24H38O4/c1-23-11-9-15(5-4-6-22(27)28-3)13-19(23)20(25)14-16-17-7-8-21(26)24(17,2)12-10-18(16)23/h15-20,25H,4-14H2,1-3H3/t15-,16?,17?,18?,19?,20+,23+,24-/m0/s1. The number of carbonyl (C=O) groups is 2. The highest BCUT2D eigenvalue weighted by atomic mass is 16.5. The van der Waals surface area contributed by atoms with Gasteiger partial charge in [-0.05, 0) is 92.8 Å².